The first-order chi connectivity index (χ1) is 7.16. The van der Waals surface area contributed by atoms with Gasteiger partial charge in [0.1, 0.15) is 5.58 Å². The Morgan fingerprint density at radius 2 is 2.07 bits per heavy atom. The Labute approximate surface area is 90.3 Å². The molecule has 0 atom stereocenters. The Hall–Kier alpha value is -1.61. The Morgan fingerprint density at radius 1 is 1.33 bits per heavy atom. The van der Waals surface area contributed by atoms with Gasteiger partial charge in [-0.3, -0.25) is 4.79 Å². The maximum absolute atomic E-state index is 11.4. The van der Waals surface area contributed by atoms with Crippen LogP contribution in [-0.2, 0) is 11.2 Å². The molecule has 0 spiro atoms. The lowest BCUT2D eigenvalue weighted by molar-refractivity contribution is -0.111. The predicted octanol–water partition coefficient (Wildman–Crippen LogP) is 2.10. The van der Waals surface area contributed by atoms with E-state index in [0.29, 0.717) is 5.58 Å². The summed E-state index contributed by atoms with van der Waals surface area (Å²) in [6.07, 6.45) is -0.102. The van der Waals surface area contributed by atoms with E-state index in [-0.39, 0.29) is 12.0 Å². The van der Waals surface area contributed by atoms with Gasteiger partial charge in [0.15, 0.2) is 0 Å². The Balaban J connectivity index is 2.62. The molecule has 0 bridgehead atoms. The second kappa shape index (κ2) is 3.87. The molecule has 0 saturated heterocycles. The van der Waals surface area contributed by atoms with Gasteiger partial charge in [0.25, 0.3) is 0 Å². The molecular weight excluding hydrogens is 216 g/mol. The van der Waals surface area contributed by atoms with Crippen LogP contribution in [0.1, 0.15) is 5.56 Å². The van der Waals surface area contributed by atoms with Crippen molar-refractivity contribution < 1.29 is 9.21 Å². The maximum atomic E-state index is 11.4. The molecule has 1 aromatic carbocycles. The molecule has 2 aromatic rings. The number of carbonyl (C=O) groups excluding carboxylic acids is 1. The Bertz CT molecular complexity index is 571. The molecule has 0 aliphatic rings. The van der Waals surface area contributed by atoms with Gasteiger partial charge in [-0.25, -0.2) is 4.79 Å². The summed E-state index contributed by atoms with van der Waals surface area (Å²) in [4.78, 5) is 22.1. The summed E-state index contributed by atoms with van der Waals surface area (Å²) >= 11 is 5.22. The van der Waals surface area contributed by atoms with Crippen molar-refractivity contribution in [1.29, 1.82) is 0 Å². The first kappa shape index (κ1) is 9.93. The molecule has 0 fully saturated rings. The number of para-hydroxylation sites is 1. The minimum absolute atomic E-state index is 0.102. The molecule has 0 radical (unpaired) electrons. The van der Waals surface area contributed by atoms with Gasteiger partial charge in [0, 0.05) is 10.9 Å². The highest BCUT2D eigenvalue weighted by atomic mass is 35.5. The number of halogens is 1. The van der Waals surface area contributed by atoms with E-state index in [0.717, 1.165) is 5.39 Å². The topological polar surface area (TPSA) is 47.3 Å². The summed E-state index contributed by atoms with van der Waals surface area (Å²) in [5.74, 6) is 0. The third kappa shape index (κ3) is 2.07. The molecule has 0 aliphatic heterocycles. The minimum atomic E-state index is -0.572. The van der Waals surface area contributed by atoms with Crippen molar-refractivity contribution in [3.63, 3.8) is 0 Å². The van der Waals surface area contributed by atoms with Gasteiger partial charge >= 0.3 is 5.63 Å². The van der Waals surface area contributed by atoms with Gasteiger partial charge in [-0.05, 0) is 23.7 Å². The van der Waals surface area contributed by atoms with Crippen LogP contribution in [0, 0.1) is 0 Å². The summed E-state index contributed by atoms with van der Waals surface area (Å²) in [5, 5.41) is 0.211. The number of benzene rings is 1. The van der Waals surface area contributed by atoms with E-state index in [1.54, 1.807) is 24.3 Å². The van der Waals surface area contributed by atoms with Crippen LogP contribution in [0.25, 0.3) is 11.0 Å². The number of fused-ring (bicyclic) bond motifs is 1. The van der Waals surface area contributed by atoms with Crippen molar-refractivity contribution in [3.8, 4) is 0 Å². The summed E-state index contributed by atoms with van der Waals surface area (Å²) in [6, 6.07) is 8.73. The molecule has 3 nitrogen and oxygen atoms in total. The first-order valence-electron chi connectivity index (χ1n) is 4.37. The van der Waals surface area contributed by atoms with Crippen molar-refractivity contribution in [3.05, 3.63) is 46.3 Å². The molecule has 0 amide bonds. The summed E-state index contributed by atoms with van der Waals surface area (Å²) < 4.78 is 5.03. The second-order valence-electron chi connectivity index (χ2n) is 3.13. The van der Waals surface area contributed by atoms with Crippen molar-refractivity contribution in [2.45, 2.75) is 6.42 Å². The van der Waals surface area contributed by atoms with Crippen LogP contribution in [0.2, 0.25) is 0 Å². The summed E-state index contributed by atoms with van der Waals surface area (Å²) in [7, 11) is 0. The van der Waals surface area contributed by atoms with Crippen LogP contribution in [-0.4, -0.2) is 5.24 Å². The molecule has 1 aromatic heterocycles. The van der Waals surface area contributed by atoms with E-state index in [2.05, 4.69) is 0 Å². The monoisotopic (exact) mass is 222 g/mol. The zero-order valence-corrected chi connectivity index (χ0v) is 8.45. The fraction of sp³-hybridized carbons (Fsp3) is 0.0909. The quantitative estimate of drug-likeness (QED) is 0.578. The minimum Gasteiger partial charge on any atom is -0.423 e. The van der Waals surface area contributed by atoms with Crippen molar-refractivity contribution in [1.82, 2.24) is 0 Å². The molecule has 4 heteroatoms. The predicted molar refractivity (Wildman–Crippen MR) is 57.0 cm³/mol. The van der Waals surface area contributed by atoms with Crippen molar-refractivity contribution >= 4 is 27.8 Å². The van der Waals surface area contributed by atoms with Gasteiger partial charge in [0.2, 0.25) is 5.24 Å². The largest absolute Gasteiger partial charge is 0.423 e. The molecule has 15 heavy (non-hydrogen) atoms. The van der Waals surface area contributed by atoms with Gasteiger partial charge in [-0.15, -0.1) is 0 Å². The van der Waals surface area contributed by atoms with Crippen LogP contribution < -0.4 is 5.63 Å². The van der Waals surface area contributed by atoms with E-state index >= 15 is 0 Å². The molecule has 2 rings (SSSR count). The Kier molecular flexibility index (Phi) is 2.56. The Morgan fingerprint density at radius 3 is 2.80 bits per heavy atom. The van der Waals surface area contributed by atoms with E-state index in [4.69, 9.17) is 16.0 Å². The normalized spacial score (nSPS) is 10.5. The fourth-order valence-corrected chi connectivity index (χ4v) is 1.52. The number of hydrogen-bond acceptors (Lipinski definition) is 3. The van der Waals surface area contributed by atoms with E-state index < -0.39 is 10.9 Å². The van der Waals surface area contributed by atoms with Gasteiger partial charge in [-0.1, -0.05) is 18.2 Å². The van der Waals surface area contributed by atoms with E-state index in [1.165, 1.54) is 0 Å². The van der Waals surface area contributed by atoms with Crippen LogP contribution in [0.5, 0.6) is 0 Å². The van der Waals surface area contributed by atoms with Crippen LogP contribution in [0.15, 0.2) is 39.5 Å². The third-order valence-electron chi connectivity index (χ3n) is 2.04. The fourth-order valence-electron chi connectivity index (χ4n) is 1.38. The highest BCUT2D eigenvalue weighted by Gasteiger charge is 2.07. The van der Waals surface area contributed by atoms with Gasteiger partial charge < -0.3 is 4.42 Å². The van der Waals surface area contributed by atoms with Gasteiger partial charge in [0.05, 0.1) is 6.42 Å². The molecular formula is C11H7ClO3. The van der Waals surface area contributed by atoms with Crippen molar-refractivity contribution in [2.24, 2.45) is 0 Å². The number of rotatable bonds is 2. The molecule has 0 unspecified atom stereocenters. The standard InChI is InChI=1S/C11H7ClO3/c12-10(13)6-8-5-7-3-1-2-4-9(7)15-11(8)14/h1-5H,6H2. The SMILES string of the molecule is O=C(Cl)Cc1cc2ccccc2oc1=O. The summed E-state index contributed by atoms with van der Waals surface area (Å²) in [6.45, 7) is 0. The molecule has 0 N–H and O–H groups in total. The smallest absolute Gasteiger partial charge is 0.339 e. The molecule has 0 aliphatic carbocycles. The highest BCUT2D eigenvalue weighted by Crippen LogP contribution is 2.13. The van der Waals surface area contributed by atoms with Gasteiger partial charge in [-0.2, -0.15) is 0 Å². The zero-order valence-electron chi connectivity index (χ0n) is 7.70. The maximum Gasteiger partial charge on any atom is 0.339 e. The third-order valence-corrected chi connectivity index (χ3v) is 2.18. The zero-order chi connectivity index (χ0) is 10.8. The lowest BCUT2D eigenvalue weighted by Crippen LogP contribution is -2.09. The molecule has 76 valence electrons. The van der Waals surface area contributed by atoms with E-state index in [9.17, 15) is 9.59 Å². The van der Waals surface area contributed by atoms with Crippen molar-refractivity contribution in [2.75, 3.05) is 0 Å². The average molecular weight is 223 g/mol. The number of hydrogen-bond donors (Lipinski definition) is 0. The number of carbonyl (C=O) groups is 1. The first-order valence-corrected chi connectivity index (χ1v) is 4.75. The lowest BCUT2D eigenvalue weighted by atomic mass is 10.1. The van der Waals surface area contributed by atoms with E-state index in [1.807, 2.05) is 6.07 Å². The lowest BCUT2D eigenvalue weighted by Gasteiger charge is -1.98. The second-order valence-corrected chi connectivity index (χ2v) is 3.55. The van der Waals surface area contributed by atoms with Crippen LogP contribution in [0.3, 0.4) is 0 Å². The summed E-state index contributed by atoms with van der Waals surface area (Å²) in [5.41, 5.74) is 0.282. The van der Waals surface area contributed by atoms with Crippen LogP contribution in [0.4, 0.5) is 0 Å². The molecule has 0 saturated carbocycles. The highest BCUT2D eigenvalue weighted by molar-refractivity contribution is 6.63. The van der Waals surface area contributed by atoms with Crippen LogP contribution >= 0.6 is 11.6 Å². The average Bonchev–Trinajstić information content (AvgIpc) is 2.18. The molecule has 1 heterocycles.